The molecule has 4 nitrogen and oxygen atoms in total. The Hall–Kier alpha value is -1.65. The Kier molecular flexibility index (Phi) is 5.32. The van der Waals surface area contributed by atoms with Crippen LogP contribution in [0.15, 0.2) is 36.9 Å². The summed E-state index contributed by atoms with van der Waals surface area (Å²) >= 11 is 6.12. The second-order valence-electron chi connectivity index (χ2n) is 4.45. The van der Waals surface area contributed by atoms with Gasteiger partial charge in [0.15, 0.2) is 0 Å². The molecule has 1 atom stereocenters. The molecular weight excluding hydrogens is 274 g/mol. The molecule has 1 unspecified atom stereocenters. The van der Waals surface area contributed by atoms with Gasteiger partial charge in [-0.15, -0.1) is 0 Å². The molecule has 0 fully saturated rings. The summed E-state index contributed by atoms with van der Waals surface area (Å²) in [4.78, 5) is 8.18. The number of methoxy groups -OCH3 is 1. The van der Waals surface area contributed by atoms with Gasteiger partial charge in [-0.3, -0.25) is 0 Å². The molecular formula is C15H18ClN3O. The summed E-state index contributed by atoms with van der Waals surface area (Å²) in [6.45, 7) is 3.01. The fraction of sp³-hybridized carbons (Fsp3) is 0.333. The fourth-order valence-corrected chi connectivity index (χ4v) is 2.27. The van der Waals surface area contributed by atoms with Crippen LogP contribution in [-0.2, 0) is 0 Å². The van der Waals surface area contributed by atoms with E-state index in [1.54, 1.807) is 19.5 Å². The Bertz CT molecular complexity index is 548. The molecule has 1 aromatic heterocycles. The molecule has 0 aliphatic carbocycles. The van der Waals surface area contributed by atoms with Crippen molar-refractivity contribution in [2.75, 3.05) is 13.7 Å². The van der Waals surface area contributed by atoms with E-state index in [1.807, 2.05) is 18.2 Å². The predicted molar refractivity (Wildman–Crippen MR) is 80.2 cm³/mol. The summed E-state index contributed by atoms with van der Waals surface area (Å²) in [6, 6.07) is 5.58. The molecule has 1 heterocycles. The van der Waals surface area contributed by atoms with Gasteiger partial charge in [-0.25, -0.2) is 9.97 Å². The van der Waals surface area contributed by atoms with Crippen molar-refractivity contribution in [1.29, 1.82) is 0 Å². The minimum atomic E-state index is -0.0372. The van der Waals surface area contributed by atoms with Crippen LogP contribution in [0.1, 0.15) is 30.5 Å². The lowest BCUT2D eigenvalue weighted by atomic mass is 10.00. The van der Waals surface area contributed by atoms with E-state index in [-0.39, 0.29) is 6.04 Å². The van der Waals surface area contributed by atoms with Gasteiger partial charge in [-0.05, 0) is 31.2 Å². The molecule has 2 aromatic rings. The van der Waals surface area contributed by atoms with Gasteiger partial charge in [-0.1, -0.05) is 18.5 Å². The maximum Gasteiger partial charge on any atom is 0.124 e. The van der Waals surface area contributed by atoms with Crippen LogP contribution in [0.2, 0.25) is 5.02 Å². The number of nitrogens with zero attached hydrogens (tertiary/aromatic N) is 2. The number of benzene rings is 1. The van der Waals surface area contributed by atoms with Crippen LogP contribution in [-0.4, -0.2) is 23.6 Å². The summed E-state index contributed by atoms with van der Waals surface area (Å²) in [5.74, 6) is 0.798. The molecule has 0 saturated carbocycles. The Labute approximate surface area is 124 Å². The molecule has 0 aliphatic heterocycles. The third kappa shape index (κ3) is 3.46. The maximum absolute atomic E-state index is 6.12. The molecule has 20 heavy (non-hydrogen) atoms. The minimum Gasteiger partial charge on any atom is -0.496 e. The second-order valence-corrected chi connectivity index (χ2v) is 4.88. The molecule has 2 rings (SSSR count). The topological polar surface area (TPSA) is 47.0 Å². The number of hydrogen-bond donors (Lipinski definition) is 1. The summed E-state index contributed by atoms with van der Waals surface area (Å²) in [7, 11) is 1.66. The first-order valence-corrected chi connectivity index (χ1v) is 6.95. The lowest BCUT2D eigenvalue weighted by Gasteiger charge is -2.21. The standard InChI is InChI=1S/C15H18ClN3O/c1-3-6-19-15(11-8-17-10-18-9-11)13-7-12(16)4-5-14(13)20-2/h4-5,7-10,15,19H,3,6H2,1-2H3. The normalized spacial score (nSPS) is 12.2. The number of halogens is 1. The van der Waals surface area contributed by atoms with Gasteiger partial charge in [0.25, 0.3) is 0 Å². The average molecular weight is 292 g/mol. The van der Waals surface area contributed by atoms with Gasteiger partial charge in [0, 0.05) is 28.5 Å². The highest BCUT2D eigenvalue weighted by Crippen LogP contribution is 2.31. The summed E-state index contributed by atoms with van der Waals surface area (Å²) in [6.07, 6.45) is 6.17. The Morgan fingerprint density at radius 3 is 2.70 bits per heavy atom. The molecule has 0 saturated heterocycles. The smallest absolute Gasteiger partial charge is 0.124 e. The van der Waals surface area contributed by atoms with E-state index >= 15 is 0 Å². The van der Waals surface area contributed by atoms with Crippen molar-refractivity contribution < 1.29 is 4.74 Å². The van der Waals surface area contributed by atoms with E-state index in [9.17, 15) is 0 Å². The SMILES string of the molecule is CCCNC(c1cncnc1)c1cc(Cl)ccc1OC. The fourth-order valence-electron chi connectivity index (χ4n) is 2.09. The molecule has 5 heteroatoms. The molecule has 0 spiro atoms. The molecule has 106 valence electrons. The first-order valence-electron chi connectivity index (χ1n) is 6.58. The van der Waals surface area contributed by atoms with Crippen LogP contribution in [0.3, 0.4) is 0 Å². The number of hydrogen-bond acceptors (Lipinski definition) is 4. The van der Waals surface area contributed by atoms with E-state index < -0.39 is 0 Å². The van der Waals surface area contributed by atoms with Gasteiger partial charge < -0.3 is 10.1 Å². The van der Waals surface area contributed by atoms with Crippen LogP contribution in [0.5, 0.6) is 5.75 Å². The minimum absolute atomic E-state index is 0.0372. The first kappa shape index (κ1) is 14.8. The van der Waals surface area contributed by atoms with Gasteiger partial charge in [-0.2, -0.15) is 0 Å². The number of rotatable bonds is 6. The van der Waals surface area contributed by atoms with Crippen LogP contribution in [0.25, 0.3) is 0 Å². The summed E-state index contributed by atoms with van der Waals surface area (Å²) in [5, 5.41) is 4.17. The number of ether oxygens (including phenoxy) is 1. The van der Waals surface area contributed by atoms with Crippen molar-refractivity contribution in [2.24, 2.45) is 0 Å². The lowest BCUT2D eigenvalue weighted by molar-refractivity contribution is 0.403. The van der Waals surface area contributed by atoms with Gasteiger partial charge in [0.05, 0.1) is 13.2 Å². The quantitative estimate of drug-likeness (QED) is 0.888. The molecule has 0 aliphatic rings. The second kappa shape index (κ2) is 7.22. The average Bonchev–Trinajstić information content (AvgIpc) is 2.49. The third-order valence-corrected chi connectivity index (χ3v) is 3.25. The van der Waals surface area contributed by atoms with E-state index in [1.165, 1.54) is 6.33 Å². The van der Waals surface area contributed by atoms with Crippen molar-refractivity contribution in [3.8, 4) is 5.75 Å². The van der Waals surface area contributed by atoms with Crippen molar-refractivity contribution in [3.63, 3.8) is 0 Å². The van der Waals surface area contributed by atoms with E-state index in [4.69, 9.17) is 16.3 Å². The zero-order valence-electron chi connectivity index (χ0n) is 11.6. The van der Waals surface area contributed by atoms with Crippen LogP contribution >= 0.6 is 11.6 Å². The van der Waals surface area contributed by atoms with Gasteiger partial charge in [0.2, 0.25) is 0 Å². The highest BCUT2D eigenvalue weighted by Gasteiger charge is 2.18. The van der Waals surface area contributed by atoms with Gasteiger partial charge >= 0.3 is 0 Å². The first-order chi connectivity index (χ1) is 9.76. The zero-order chi connectivity index (χ0) is 14.4. The van der Waals surface area contributed by atoms with Crippen molar-refractivity contribution in [3.05, 3.63) is 53.1 Å². The third-order valence-electron chi connectivity index (χ3n) is 3.02. The summed E-state index contributed by atoms with van der Waals surface area (Å²) < 4.78 is 5.44. The predicted octanol–water partition coefficient (Wildman–Crippen LogP) is 3.23. The Balaban J connectivity index is 2.43. The van der Waals surface area contributed by atoms with E-state index in [0.29, 0.717) is 5.02 Å². The van der Waals surface area contributed by atoms with Crippen LogP contribution in [0.4, 0.5) is 0 Å². The zero-order valence-corrected chi connectivity index (χ0v) is 12.4. The molecule has 1 N–H and O–H groups in total. The van der Waals surface area contributed by atoms with Crippen molar-refractivity contribution in [1.82, 2.24) is 15.3 Å². The van der Waals surface area contributed by atoms with Crippen molar-refractivity contribution >= 4 is 11.6 Å². The van der Waals surface area contributed by atoms with Crippen LogP contribution < -0.4 is 10.1 Å². The molecule has 0 radical (unpaired) electrons. The van der Waals surface area contributed by atoms with E-state index in [2.05, 4.69) is 22.2 Å². The largest absolute Gasteiger partial charge is 0.496 e. The Morgan fingerprint density at radius 2 is 2.05 bits per heavy atom. The number of nitrogens with one attached hydrogen (secondary N) is 1. The molecule has 0 amide bonds. The monoisotopic (exact) mass is 291 g/mol. The molecule has 1 aromatic carbocycles. The summed E-state index contributed by atoms with van der Waals surface area (Å²) in [5.41, 5.74) is 1.98. The number of aromatic nitrogens is 2. The highest BCUT2D eigenvalue weighted by atomic mass is 35.5. The van der Waals surface area contributed by atoms with Gasteiger partial charge in [0.1, 0.15) is 12.1 Å². The maximum atomic E-state index is 6.12. The van der Waals surface area contributed by atoms with Crippen molar-refractivity contribution in [2.45, 2.75) is 19.4 Å². The lowest BCUT2D eigenvalue weighted by Crippen LogP contribution is -2.24. The Morgan fingerprint density at radius 1 is 1.30 bits per heavy atom. The molecule has 0 bridgehead atoms. The highest BCUT2D eigenvalue weighted by molar-refractivity contribution is 6.30. The van der Waals surface area contributed by atoms with E-state index in [0.717, 1.165) is 29.8 Å². The van der Waals surface area contributed by atoms with Crippen LogP contribution in [0, 0.1) is 0 Å².